The van der Waals surface area contributed by atoms with E-state index in [4.69, 9.17) is 0 Å². The van der Waals surface area contributed by atoms with Crippen LogP contribution in [0.25, 0.3) is 0 Å². The number of carbonyl (C=O) groups is 1. The Kier molecular flexibility index (Phi) is 4.00. The molecule has 3 unspecified atom stereocenters. The monoisotopic (exact) mass is 253 g/mol. The van der Waals surface area contributed by atoms with Crippen LogP contribution >= 0.6 is 0 Å². The van der Waals surface area contributed by atoms with Crippen molar-refractivity contribution in [2.24, 2.45) is 11.8 Å². The molecule has 1 aliphatic carbocycles. The highest BCUT2D eigenvalue weighted by atomic mass is 16.4. The number of nitrogens with zero attached hydrogens (tertiary/aromatic N) is 1. The lowest BCUT2D eigenvalue weighted by Crippen LogP contribution is -2.55. The van der Waals surface area contributed by atoms with Gasteiger partial charge < -0.3 is 5.11 Å². The minimum atomic E-state index is -0.603. The van der Waals surface area contributed by atoms with Gasteiger partial charge in [0.05, 0.1) is 0 Å². The Labute approximate surface area is 111 Å². The summed E-state index contributed by atoms with van der Waals surface area (Å²) >= 11 is 0. The third-order valence-corrected chi connectivity index (χ3v) is 5.12. The van der Waals surface area contributed by atoms with E-state index in [0.717, 1.165) is 37.6 Å². The average molecular weight is 253 g/mol. The Bertz CT molecular complexity index is 308. The van der Waals surface area contributed by atoms with Crippen LogP contribution in [-0.4, -0.2) is 34.1 Å². The van der Waals surface area contributed by atoms with Crippen molar-refractivity contribution in [2.45, 2.75) is 70.9 Å². The Morgan fingerprint density at radius 3 is 2.39 bits per heavy atom. The second kappa shape index (κ2) is 5.20. The Balaban J connectivity index is 2.18. The maximum absolute atomic E-state index is 11.7. The molecule has 1 heterocycles. The molecule has 1 saturated carbocycles. The van der Waals surface area contributed by atoms with E-state index >= 15 is 0 Å². The summed E-state index contributed by atoms with van der Waals surface area (Å²) < 4.78 is 0. The minimum absolute atomic E-state index is 0.488. The molecule has 2 rings (SSSR count). The zero-order valence-electron chi connectivity index (χ0n) is 12.0. The molecule has 0 amide bonds. The predicted molar refractivity (Wildman–Crippen MR) is 72.6 cm³/mol. The van der Waals surface area contributed by atoms with E-state index in [9.17, 15) is 9.90 Å². The smallest absolute Gasteiger partial charge is 0.324 e. The van der Waals surface area contributed by atoms with Crippen molar-refractivity contribution in [3.63, 3.8) is 0 Å². The molecule has 3 nitrogen and oxygen atoms in total. The van der Waals surface area contributed by atoms with Gasteiger partial charge in [0.1, 0.15) is 5.54 Å². The van der Waals surface area contributed by atoms with E-state index in [0.29, 0.717) is 6.04 Å². The Morgan fingerprint density at radius 2 is 1.89 bits per heavy atom. The lowest BCUT2D eigenvalue weighted by Gasteiger charge is -2.44. The molecular formula is C15H27NO2. The first-order chi connectivity index (χ1) is 8.49. The van der Waals surface area contributed by atoms with Crippen molar-refractivity contribution in [1.82, 2.24) is 4.90 Å². The highest BCUT2D eigenvalue weighted by Crippen LogP contribution is 2.40. The molecule has 0 spiro atoms. The molecule has 2 aliphatic rings. The summed E-state index contributed by atoms with van der Waals surface area (Å²) in [6.07, 6.45) is 6.27. The van der Waals surface area contributed by atoms with Gasteiger partial charge in [-0.2, -0.15) is 0 Å². The molecule has 18 heavy (non-hydrogen) atoms. The van der Waals surface area contributed by atoms with E-state index < -0.39 is 11.5 Å². The van der Waals surface area contributed by atoms with Crippen LogP contribution in [0.3, 0.4) is 0 Å². The molecular weight excluding hydrogens is 226 g/mol. The molecule has 1 N–H and O–H groups in total. The number of carboxylic acids is 1. The first-order valence-corrected chi connectivity index (χ1v) is 7.49. The highest BCUT2D eigenvalue weighted by molar-refractivity contribution is 5.79. The molecule has 3 atom stereocenters. The summed E-state index contributed by atoms with van der Waals surface area (Å²) in [5, 5.41) is 9.65. The van der Waals surface area contributed by atoms with E-state index in [1.54, 1.807) is 0 Å². The van der Waals surface area contributed by atoms with Gasteiger partial charge in [0.25, 0.3) is 0 Å². The maximum Gasteiger partial charge on any atom is 0.324 e. The van der Waals surface area contributed by atoms with Gasteiger partial charge in [-0.25, -0.2) is 0 Å². The predicted octanol–water partition coefficient (Wildman–Crippen LogP) is 3.14. The standard InChI is InChI=1S/C15H27NO2/c1-4-15(14(17)18)6-5-7-16(15)13-9-11(2)8-12(3)10-13/h11-13H,4-10H2,1-3H3,(H,17,18). The molecule has 0 aromatic rings. The number of aliphatic carboxylic acids is 1. The van der Waals surface area contributed by atoms with Crippen molar-refractivity contribution >= 4 is 5.97 Å². The van der Waals surface area contributed by atoms with Gasteiger partial charge in [0, 0.05) is 6.04 Å². The van der Waals surface area contributed by atoms with Crippen molar-refractivity contribution in [3.05, 3.63) is 0 Å². The molecule has 104 valence electrons. The minimum Gasteiger partial charge on any atom is -0.480 e. The van der Waals surface area contributed by atoms with Gasteiger partial charge in [-0.3, -0.25) is 9.69 Å². The van der Waals surface area contributed by atoms with Crippen LogP contribution in [0, 0.1) is 11.8 Å². The molecule has 1 saturated heterocycles. The fourth-order valence-electron chi connectivity index (χ4n) is 4.35. The van der Waals surface area contributed by atoms with Crippen LogP contribution in [0.2, 0.25) is 0 Å². The topological polar surface area (TPSA) is 40.5 Å². The highest BCUT2D eigenvalue weighted by Gasteiger charge is 2.49. The number of hydrogen-bond donors (Lipinski definition) is 1. The van der Waals surface area contributed by atoms with Crippen LogP contribution in [0.4, 0.5) is 0 Å². The Morgan fingerprint density at radius 1 is 1.28 bits per heavy atom. The fourth-order valence-corrected chi connectivity index (χ4v) is 4.35. The number of rotatable bonds is 3. The molecule has 2 fully saturated rings. The lowest BCUT2D eigenvalue weighted by atomic mass is 9.78. The zero-order chi connectivity index (χ0) is 13.3. The molecule has 3 heteroatoms. The second-order valence-corrected chi connectivity index (χ2v) is 6.56. The molecule has 0 bridgehead atoms. The molecule has 0 aromatic heterocycles. The van der Waals surface area contributed by atoms with E-state index in [2.05, 4.69) is 18.7 Å². The quantitative estimate of drug-likeness (QED) is 0.840. The third kappa shape index (κ3) is 2.29. The van der Waals surface area contributed by atoms with Crippen LogP contribution < -0.4 is 0 Å². The van der Waals surface area contributed by atoms with Crippen LogP contribution in [0.15, 0.2) is 0 Å². The fraction of sp³-hybridized carbons (Fsp3) is 0.933. The van der Waals surface area contributed by atoms with E-state index in [1.807, 2.05) is 6.92 Å². The lowest BCUT2D eigenvalue weighted by molar-refractivity contribution is -0.152. The number of likely N-dealkylation sites (tertiary alicyclic amines) is 1. The third-order valence-electron chi connectivity index (χ3n) is 5.12. The van der Waals surface area contributed by atoms with Crippen LogP contribution in [-0.2, 0) is 4.79 Å². The van der Waals surface area contributed by atoms with Gasteiger partial charge in [-0.15, -0.1) is 0 Å². The first-order valence-electron chi connectivity index (χ1n) is 7.49. The Hall–Kier alpha value is -0.570. The van der Waals surface area contributed by atoms with Crippen molar-refractivity contribution in [3.8, 4) is 0 Å². The second-order valence-electron chi connectivity index (χ2n) is 6.56. The van der Waals surface area contributed by atoms with E-state index in [-0.39, 0.29) is 0 Å². The summed E-state index contributed by atoms with van der Waals surface area (Å²) in [5.74, 6) is 0.874. The van der Waals surface area contributed by atoms with Gasteiger partial charge in [-0.1, -0.05) is 20.8 Å². The summed E-state index contributed by atoms with van der Waals surface area (Å²) in [7, 11) is 0. The summed E-state index contributed by atoms with van der Waals surface area (Å²) in [4.78, 5) is 14.1. The summed E-state index contributed by atoms with van der Waals surface area (Å²) in [5.41, 5.74) is -0.568. The number of carboxylic acid groups (broad SMARTS) is 1. The van der Waals surface area contributed by atoms with Crippen molar-refractivity contribution in [1.29, 1.82) is 0 Å². The summed E-state index contributed by atoms with van der Waals surface area (Å²) in [6, 6.07) is 0.488. The molecule has 1 aliphatic heterocycles. The normalized spacial score (nSPS) is 42.1. The van der Waals surface area contributed by atoms with E-state index in [1.165, 1.54) is 19.3 Å². The van der Waals surface area contributed by atoms with Crippen LogP contribution in [0.5, 0.6) is 0 Å². The van der Waals surface area contributed by atoms with Crippen molar-refractivity contribution in [2.75, 3.05) is 6.54 Å². The number of hydrogen-bond acceptors (Lipinski definition) is 2. The largest absolute Gasteiger partial charge is 0.480 e. The SMILES string of the molecule is CCC1(C(=O)O)CCCN1C1CC(C)CC(C)C1. The van der Waals surface area contributed by atoms with Gasteiger partial charge in [0.2, 0.25) is 0 Å². The molecule has 0 radical (unpaired) electrons. The average Bonchev–Trinajstić information content (AvgIpc) is 2.72. The van der Waals surface area contributed by atoms with Gasteiger partial charge >= 0.3 is 5.97 Å². The first kappa shape index (κ1) is 13.9. The summed E-state index contributed by atoms with van der Waals surface area (Å²) in [6.45, 7) is 7.63. The van der Waals surface area contributed by atoms with Gasteiger partial charge in [-0.05, 0) is 56.9 Å². The zero-order valence-corrected chi connectivity index (χ0v) is 12.0. The van der Waals surface area contributed by atoms with Gasteiger partial charge in [0.15, 0.2) is 0 Å². The maximum atomic E-state index is 11.7. The molecule has 0 aromatic carbocycles. The van der Waals surface area contributed by atoms with Crippen molar-refractivity contribution < 1.29 is 9.90 Å². The van der Waals surface area contributed by atoms with Crippen LogP contribution in [0.1, 0.15) is 59.3 Å².